The molecule has 1 amide bonds. The third-order valence-electron chi connectivity index (χ3n) is 5.80. The van der Waals surface area contributed by atoms with E-state index >= 15 is 0 Å². The largest absolute Gasteiger partial charge is 0.339 e. The Balaban J connectivity index is 1.68. The van der Waals surface area contributed by atoms with E-state index < -0.39 is 15.4 Å². The molecule has 4 rings (SSSR count). The second kappa shape index (κ2) is 6.38. The summed E-state index contributed by atoms with van der Waals surface area (Å²) in [5.74, 6) is 0.701. The molecule has 0 saturated carbocycles. The summed E-state index contributed by atoms with van der Waals surface area (Å²) in [6.45, 7) is 6.54. The first-order valence-corrected chi connectivity index (χ1v) is 10.9. The first kappa shape index (κ1) is 19.1. The van der Waals surface area contributed by atoms with E-state index in [1.165, 1.54) is 4.31 Å². The Bertz CT molecular complexity index is 1030. The molecule has 152 valence electrons. The van der Waals surface area contributed by atoms with Crippen molar-refractivity contribution in [2.75, 3.05) is 31.9 Å². The van der Waals surface area contributed by atoms with Crippen LogP contribution in [0.3, 0.4) is 0 Å². The van der Waals surface area contributed by atoms with Gasteiger partial charge in [-0.1, -0.05) is 5.16 Å². The van der Waals surface area contributed by atoms with Gasteiger partial charge in [-0.2, -0.15) is 10.1 Å². The number of sulfonamides is 1. The van der Waals surface area contributed by atoms with Gasteiger partial charge in [0.25, 0.3) is 5.91 Å². The van der Waals surface area contributed by atoms with E-state index in [4.69, 9.17) is 4.52 Å². The number of fused-ring (bicyclic) bond motifs is 1. The highest BCUT2D eigenvalue weighted by Crippen LogP contribution is 2.45. The third kappa shape index (κ3) is 2.84. The second-order valence-electron chi connectivity index (χ2n) is 7.67. The number of rotatable bonds is 4. The number of aromatic nitrogens is 4. The Morgan fingerprint density at radius 2 is 2.07 bits per heavy atom. The predicted molar refractivity (Wildman–Crippen MR) is 99.1 cm³/mol. The lowest BCUT2D eigenvalue weighted by molar-refractivity contribution is 0.0762. The summed E-state index contributed by atoms with van der Waals surface area (Å²) >= 11 is 0. The molecule has 0 radical (unpaired) electrons. The first-order valence-electron chi connectivity index (χ1n) is 9.25. The molecule has 2 fully saturated rings. The Morgan fingerprint density at radius 1 is 1.32 bits per heavy atom. The lowest BCUT2D eigenvalue weighted by atomic mass is 9.81. The van der Waals surface area contributed by atoms with E-state index in [1.807, 2.05) is 6.92 Å². The van der Waals surface area contributed by atoms with Crippen LogP contribution >= 0.6 is 0 Å². The van der Waals surface area contributed by atoms with Crippen molar-refractivity contribution in [2.45, 2.75) is 26.2 Å². The summed E-state index contributed by atoms with van der Waals surface area (Å²) in [7, 11) is -1.61. The molecule has 28 heavy (non-hydrogen) atoms. The van der Waals surface area contributed by atoms with E-state index in [2.05, 4.69) is 15.2 Å². The fourth-order valence-electron chi connectivity index (χ4n) is 4.34. The van der Waals surface area contributed by atoms with Crippen LogP contribution in [-0.4, -0.2) is 75.4 Å². The zero-order valence-electron chi connectivity index (χ0n) is 16.4. The summed E-state index contributed by atoms with van der Waals surface area (Å²) in [6, 6.07) is 1.76. The van der Waals surface area contributed by atoms with Crippen molar-refractivity contribution < 1.29 is 17.7 Å². The minimum Gasteiger partial charge on any atom is -0.339 e. The molecule has 2 atom stereocenters. The average Bonchev–Trinajstić information content (AvgIpc) is 3.36. The van der Waals surface area contributed by atoms with E-state index in [-0.39, 0.29) is 24.1 Å². The number of aryl methyl sites for hydroxylation is 3. The Hall–Kier alpha value is -2.27. The maximum absolute atomic E-state index is 13.1. The number of amides is 1. The van der Waals surface area contributed by atoms with Crippen LogP contribution in [0.5, 0.6) is 0 Å². The van der Waals surface area contributed by atoms with Gasteiger partial charge in [0.1, 0.15) is 5.69 Å². The van der Waals surface area contributed by atoms with Crippen LogP contribution in [0.2, 0.25) is 0 Å². The number of hydrogen-bond acceptors (Lipinski definition) is 7. The highest BCUT2D eigenvalue weighted by molar-refractivity contribution is 7.89. The molecule has 11 heteroatoms. The number of hydrogen-bond donors (Lipinski definition) is 0. The van der Waals surface area contributed by atoms with Gasteiger partial charge in [0, 0.05) is 39.1 Å². The van der Waals surface area contributed by atoms with Gasteiger partial charge >= 0.3 is 0 Å². The predicted octanol–water partition coefficient (Wildman–Crippen LogP) is 0.0952. The molecule has 0 N–H and O–H groups in total. The zero-order valence-corrected chi connectivity index (χ0v) is 17.2. The Morgan fingerprint density at radius 3 is 2.64 bits per heavy atom. The van der Waals surface area contributed by atoms with Gasteiger partial charge in [0.05, 0.1) is 16.9 Å². The maximum Gasteiger partial charge on any atom is 0.272 e. The summed E-state index contributed by atoms with van der Waals surface area (Å²) in [6.07, 6.45) is 0. The van der Waals surface area contributed by atoms with E-state index in [1.54, 1.807) is 36.5 Å². The van der Waals surface area contributed by atoms with Gasteiger partial charge in [-0.3, -0.25) is 9.48 Å². The van der Waals surface area contributed by atoms with Gasteiger partial charge in [-0.25, -0.2) is 12.7 Å². The van der Waals surface area contributed by atoms with Gasteiger partial charge < -0.3 is 9.42 Å². The molecule has 0 unspecified atom stereocenters. The van der Waals surface area contributed by atoms with Crippen LogP contribution in [0.15, 0.2) is 10.6 Å². The number of likely N-dealkylation sites (tertiary alicyclic amines) is 1. The van der Waals surface area contributed by atoms with Crippen molar-refractivity contribution in [3.05, 3.63) is 29.2 Å². The SMILES string of the molecule is CCS(=O)(=O)N1C[C@@H]2CN(C(=O)c3cc(C)nn3C)C[C@]2(c2nc(C)no2)C1. The minimum absolute atomic E-state index is 0.0373. The minimum atomic E-state index is -3.35. The molecule has 0 aromatic carbocycles. The van der Waals surface area contributed by atoms with Crippen LogP contribution in [0, 0.1) is 19.8 Å². The summed E-state index contributed by atoms with van der Waals surface area (Å²) in [5.41, 5.74) is 0.590. The molecule has 2 aromatic rings. The lowest BCUT2D eigenvalue weighted by Crippen LogP contribution is -2.42. The molecule has 2 saturated heterocycles. The smallest absolute Gasteiger partial charge is 0.272 e. The van der Waals surface area contributed by atoms with Crippen LogP contribution in [0.25, 0.3) is 0 Å². The average molecular weight is 408 g/mol. The molecule has 2 aromatic heterocycles. The standard InChI is InChI=1S/C17H24N6O4S/c1-5-28(25,26)23-8-13-7-22(15(24)14-6-11(2)19-21(14)4)9-17(13,10-23)16-18-12(3)20-27-16/h6,13H,5,7-10H2,1-4H3/t13-,17-/m0/s1. The fraction of sp³-hybridized carbons (Fsp3) is 0.647. The van der Waals surface area contributed by atoms with Crippen LogP contribution in [0.4, 0.5) is 0 Å². The van der Waals surface area contributed by atoms with Gasteiger partial charge in [0.15, 0.2) is 5.82 Å². The number of carbonyl (C=O) groups excluding carboxylic acids is 1. The van der Waals surface area contributed by atoms with Gasteiger partial charge in [-0.05, 0) is 26.8 Å². The van der Waals surface area contributed by atoms with Gasteiger partial charge in [0.2, 0.25) is 15.9 Å². The van der Waals surface area contributed by atoms with E-state index in [0.717, 1.165) is 5.69 Å². The highest BCUT2D eigenvalue weighted by Gasteiger charge is 2.59. The number of carbonyl (C=O) groups is 1. The van der Waals surface area contributed by atoms with Crippen molar-refractivity contribution in [3.8, 4) is 0 Å². The molecular weight excluding hydrogens is 384 g/mol. The quantitative estimate of drug-likeness (QED) is 0.704. The van der Waals surface area contributed by atoms with Crippen molar-refractivity contribution >= 4 is 15.9 Å². The van der Waals surface area contributed by atoms with E-state index in [0.29, 0.717) is 37.0 Å². The molecule has 2 aliphatic rings. The molecule has 4 heterocycles. The zero-order chi connectivity index (χ0) is 20.3. The lowest BCUT2D eigenvalue weighted by Gasteiger charge is -2.25. The molecule has 10 nitrogen and oxygen atoms in total. The van der Waals surface area contributed by atoms with Crippen LogP contribution < -0.4 is 0 Å². The van der Waals surface area contributed by atoms with Crippen molar-refractivity contribution in [3.63, 3.8) is 0 Å². The normalized spacial score (nSPS) is 25.4. The van der Waals surface area contributed by atoms with Gasteiger partial charge in [-0.15, -0.1) is 0 Å². The van der Waals surface area contributed by atoms with Crippen molar-refractivity contribution in [1.82, 2.24) is 29.1 Å². The Kier molecular flexibility index (Phi) is 4.34. The molecule has 0 aliphatic carbocycles. The number of nitrogens with zero attached hydrogens (tertiary/aromatic N) is 6. The van der Waals surface area contributed by atoms with Crippen LogP contribution in [0.1, 0.15) is 34.8 Å². The van der Waals surface area contributed by atoms with Crippen molar-refractivity contribution in [1.29, 1.82) is 0 Å². The first-order chi connectivity index (χ1) is 13.2. The fourth-order valence-corrected chi connectivity index (χ4v) is 5.54. The molecule has 0 bridgehead atoms. The monoisotopic (exact) mass is 408 g/mol. The van der Waals surface area contributed by atoms with E-state index in [9.17, 15) is 13.2 Å². The van der Waals surface area contributed by atoms with Crippen LogP contribution in [-0.2, 0) is 22.5 Å². The second-order valence-corrected chi connectivity index (χ2v) is 9.93. The summed E-state index contributed by atoms with van der Waals surface area (Å²) in [5, 5.41) is 8.15. The molecule has 2 aliphatic heterocycles. The topological polar surface area (TPSA) is 114 Å². The maximum atomic E-state index is 13.1. The van der Waals surface area contributed by atoms with Crippen molar-refractivity contribution in [2.24, 2.45) is 13.0 Å². The molecule has 0 spiro atoms. The molecular formula is C17H24N6O4S. The summed E-state index contributed by atoms with van der Waals surface area (Å²) in [4.78, 5) is 19.2. The summed E-state index contributed by atoms with van der Waals surface area (Å²) < 4.78 is 33.5. The highest BCUT2D eigenvalue weighted by atomic mass is 32.2. The third-order valence-corrected chi connectivity index (χ3v) is 7.59. The Labute approximate surface area is 163 Å².